The predicted molar refractivity (Wildman–Crippen MR) is 125 cm³/mol. The van der Waals surface area contributed by atoms with Gasteiger partial charge in [-0.05, 0) is 49.2 Å². The van der Waals surface area contributed by atoms with Crippen molar-refractivity contribution >= 4 is 12.0 Å². The molecule has 0 N–H and O–H groups in total. The fraction of sp³-hybridized carbons (Fsp3) is 0.231. The Hall–Kier alpha value is -3.80. The van der Waals surface area contributed by atoms with Gasteiger partial charge in [0.25, 0.3) is 0 Å². The topological polar surface area (TPSA) is 56.2 Å². The number of benzene rings is 1. The van der Waals surface area contributed by atoms with Gasteiger partial charge in [0.1, 0.15) is 5.76 Å². The van der Waals surface area contributed by atoms with Crippen LogP contribution in [0.5, 0.6) is 0 Å². The van der Waals surface area contributed by atoms with Gasteiger partial charge in [0.2, 0.25) is 5.91 Å². The van der Waals surface area contributed by atoms with Crippen LogP contribution in [0.1, 0.15) is 33.8 Å². The minimum Gasteiger partial charge on any atom is -0.467 e. The predicted octanol–water partition coefficient (Wildman–Crippen LogP) is 4.66. The largest absolute Gasteiger partial charge is 0.467 e. The van der Waals surface area contributed by atoms with Crippen molar-refractivity contribution in [1.29, 1.82) is 0 Å². The van der Waals surface area contributed by atoms with Crippen LogP contribution in [-0.4, -0.2) is 32.2 Å². The van der Waals surface area contributed by atoms with Crippen molar-refractivity contribution in [2.45, 2.75) is 33.5 Å². The highest BCUT2D eigenvalue weighted by Gasteiger charge is 2.11. The molecule has 0 aliphatic rings. The lowest BCUT2D eigenvalue weighted by atomic mass is 10.2. The summed E-state index contributed by atoms with van der Waals surface area (Å²) in [4.78, 5) is 14.4. The third-order valence-electron chi connectivity index (χ3n) is 5.58. The summed E-state index contributed by atoms with van der Waals surface area (Å²) in [5.74, 6) is 0.864. The molecule has 3 heterocycles. The van der Waals surface area contributed by atoms with Crippen molar-refractivity contribution in [3.63, 3.8) is 0 Å². The van der Waals surface area contributed by atoms with Gasteiger partial charge in [0, 0.05) is 42.8 Å². The minimum atomic E-state index is -0.0448. The fourth-order valence-electron chi connectivity index (χ4n) is 3.78. The van der Waals surface area contributed by atoms with Gasteiger partial charge in [0.05, 0.1) is 25.5 Å². The monoisotopic (exact) mass is 428 g/mol. The molecule has 6 nitrogen and oxygen atoms in total. The fourth-order valence-corrected chi connectivity index (χ4v) is 3.78. The van der Waals surface area contributed by atoms with Crippen LogP contribution in [0, 0.1) is 13.8 Å². The molecule has 6 heteroatoms. The van der Waals surface area contributed by atoms with E-state index in [4.69, 9.17) is 4.42 Å². The van der Waals surface area contributed by atoms with E-state index in [0.717, 1.165) is 28.3 Å². The molecule has 0 aliphatic carbocycles. The van der Waals surface area contributed by atoms with E-state index in [0.29, 0.717) is 19.6 Å². The number of aromatic nitrogens is 3. The Kier molecular flexibility index (Phi) is 6.40. The lowest BCUT2D eigenvalue weighted by Crippen LogP contribution is -2.23. The van der Waals surface area contributed by atoms with Crippen LogP contribution in [0.2, 0.25) is 0 Å². The molecule has 32 heavy (non-hydrogen) atoms. The van der Waals surface area contributed by atoms with Gasteiger partial charge < -0.3 is 13.9 Å². The number of hydrogen-bond donors (Lipinski definition) is 0. The van der Waals surface area contributed by atoms with Gasteiger partial charge >= 0.3 is 0 Å². The summed E-state index contributed by atoms with van der Waals surface area (Å²) < 4.78 is 9.56. The Labute approximate surface area is 188 Å². The summed E-state index contributed by atoms with van der Waals surface area (Å²) in [6.07, 6.45) is 9.01. The number of likely N-dealkylation sites (N-methyl/N-ethyl adjacent to an activating group) is 1. The zero-order valence-electron chi connectivity index (χ0n) is 18.7. The number of carbonyl (C=O) groups excluding carboxylic acids is 1. The standard InChI is InChI=1S/C26H28N4O2/c1-20-14-24(21(2)30(20)19-25-10-7-13-32-25)11-12-26(31)28(3)16-23-15-27-29(18-23)17-22-8-5-4-6-9-22/h4-15,18H,16-17,19H2,1-3H3/b12-11+. The molecule has 0 fully saturated rings. The normalized spacial score (nSPS) is 11.3. The van der Waals surface area contributed by atoms with Crippen molar-refractivity contribution in [2.24, 2.45) is 0 Å². The summed E-state index contributed by atoms with van der Waals surface area (Å²) in [5.41, 5.74) is 5.46. The molecule has 0 saturated carbocycles. The molecule has 0 atom stereocenters. The van der Waals surface area contributed by atoms with E-state index in [1.165, 1.54) is 5.56 Å². The Bertz CT molecular complexity index is 1200. The highest BCUT2D eigenvalue weighted by atomic mass is 16.3. The highest BCUT2D eigenvalue weighted by Crippen LogP contribution is 2.19. The number of carbonyl (C=O) groups is 1. The van der Waals surface area contributed by atoms with Crippen molar-refractivity contribution in [2.75, 3.05) is 7.05 Å². The molecule has 1 aromatic carbocycles. The van der Waals surface area contributed by atoms with E-state index < -0.39 is 0 Å². The summed E-state index contributed by atoms with van der Waals surface area (Å²) in [5, 5.41) is 4.42. The van der Waals surface area contributed by atoms with Crippen LogP contribution in [-0.2, 0) is 24.4 Å². The van der Waals surface area contributed by atoms with E-state index >= 15 is 0 Å². The molecule has 0 bridgehead atoms. The molecule has 0 aliphatic heterocycles. The summed E-state index contributed by atoms with van der Waals surface area (Å²) in [7, 11) is 1.81. The number of hydrogen-bond acceptors (Lipinski definition) is 3. The second-order valence-electron chi connectivity index (χ2n) is 8.05. The Morgan fingerprint density at radius 1 is 1.09 bits per heavy atom. The average molecular weight is 429 g/mol. The smallest absolute Gasteiger partial charge is 0.246 e. The zero-order valence-corrected chi connectivity index (χ0v) is 18.7. The van der Waals surface area contributed by atoms with Crippen molar-refractivity contribution in [1.82, 2.24) is 19.2 Å². The van der Waals surface area contributed by atoms with E-state index in [1.807, 2.05) is 53.5 Å². The van der Waals surface area contributed by atoms with Gasteiger partial charge in [-0.25, -0.2) is 0 Å². The second-order valence-corrected chi connectivity index (χ2v) is 8.05. The maximum Gasteiger partial charge on any atom is 0.246 e. The Morgan fingerprint density at radius 2 is 1.91 bits per heavy atom. The van der Waals surface area contributed by atoms with Gasteiger partial charge in [-0.1, -0.05) is 30.3 Å². The lowest BCUT2D eigenvalue weighted by Gasteiger charge is -2.13. The number of furan rings is 1. The number of amides is 1. The molecule has 164 valence electrons. The third kappa shape index (κ3) is 5.09. The molecule has 0 spiro atoms. The first kappa shape index (κ1) is 21.4. The van der Waals surface area contributed by atoms with E-state index in [1.54, 1.807) is 24.3 Å². The highest BCUT2D eigenvalue weighted by molar-refractivity contribution is 5.91. The third-order valence-corrected chi connectivity index (χ3v) is 5.58. The van der Waals surface area contributed by atoms with Crippen LogP contribution in [0.25, 0.3) is 6.08 Å². The van der Waals surface area contributed by atoms with Gasteiger partial charge in [-0.2, -0.15) is 5.10 Å². The molecule has 3 aromatic heterocycles. The zero-order chi connectivity index (χ0) is 22.5. The SMILES string of the molecule is Cc1cc(/C=C/C(=O)N(C)Cc2cnn(Cc3ccccc3)c2)c(C)n1Cc1ccco1. The Morgan fingerprint density at radius 3 is 2.66 bits per heavy atom. The molecule has 4 aromatic rings. The maximum absolute atomic E-state index is 12.7. The van der Waals surface area contributed by atoms with Gasteiger partial charge in [-0.15, -0.1) is 0 Å². The molecular weight excluding hydrogens is 400 g/mol. The first-order valence-corrected chi connectivity index (χ1v) is 10.7. The molecule has 4 rings (SSSR count). The van der Waals surface area contributed by atoms with E-state index in [9.17, 15) is 4.79 Å². The van der Waals surface area contributed by atoms with E-state index in [-0.39, 0.29) is 5.91 Å². The van der Waals surface area contributed by atoms with Crippen LogP contribution in [0.15, 0.2) is 77.7 Å². The minimum absolute atomic E-state index is 0.0448. The van der Waals surface area contributed by atoms with Crippen LogP contribution in [0.3, 0.4) is 0 Å². The van der Waals surface area contributed by atoms with Gasteiger partial charge in [0.15, 0.2) is 0 Å². The molecule has 0 unspecified atom stereocenters. The lowest BCUT2D eigenvalue weighted by molar-refractivity contribution is -0.125. The summed E-state index contributed by atoms with van der Waals surface area (Å²) >= 11 is 0. The molecule has 1 amide bonds. The maximum atomic E-state index is 12.7. The van der Waals surface area contributed by atoms with Crippen LogP contribution < -0.4 is 0 Å². The quantitative estimate of drug-likeness (QED) is 0.384. The van der Waals surface area contributed by atoms with Crippen molar-refractivity contribution < 1.29 is 9.21 Å². The average Bonchev–Trinajstić information content (AvgIpc) is 3.51. The van der Waals surface area contributed by atoms with Gasteiger partial charge in [-0.3, -0.25) is 9.48 Å². The number of nitrogens with zero attached hydrogens (tertiary/aromatic N) is 4. The second kappa shape index (κ2) is 9.56. The molecule has 0 saturated heterocycles. The number of rotatable bonds is 8. The van der Waals surface area contributed by atoms with E-state index in [2.05, 4.69) is 41.7 Å². The van der Waals surface area contributed by atoms with Crippen LogP contribution in [0.4, 0.5) is 0 Å². The van der Waals surface area contributed by atoms with Crippen LogP contribution >= 0.6 is 0 Å². The Balaban J connectivity index is 1.37. The first-order valence-electron chi connectivity index (χ1n) is 10.7. The van der Waals surface area contributed by atoms with Crippen molar-refractivity contribution in [3.8, 4) is 0 Å². The number of aryl methyl sites for hydroxylation is 1. The molecule has 0 radical (unpaired) electrons. The summed E-state index contributed by atoms with van der Waals surface area (Å²) in [6, 6.07) is 16.2. The van der Waals surface area contributed by atoms with Crippen molar-refractivity contribution in [3.05, 3.63) is 107 Å². The summed E-state index contributed by atoms with van der Waals surface area (Å²) in [6.45, 7) is 6.03. The first-order chi connectivity index (χ1) is 15.5. The molecular formula is C26H28N4O2.